The maximum Gasteiger partial charge on any atom is 0.0839 e. The molecule has 2 atom stereocenters. The summed E-state index contributed by atoms with van der Waals surface area (Å²) in [5.41, 5.74) is -0.245. The maximum atomic E-state index is 6.45. The van der Waals surface area contributed by atoms with Crippen molar-refractivity contribution in [1.82, 2.24) is 0 Å². The molecular weight excluding hydrogens is 220 g/mol. The van der Waals surface area contributed by atoms with Gasteiger partial charge in [0, 0.05) is 0 Å². The van der Waals surface area contributed by atoms with Crippen LogP contribution in [0.2, 0.25) is 0 Å². The summed E-state index contributed by atoms with van der Waals surface area (Å²) in [5, 5.41) is 0. The van der Waals surface area contributed by atoms with Crippen LogP contribution in [-0.2, 0) is 4.74 Å². The van der Waals surface area contributed by atoms with Crippen molar-refractivity contribution in [2.75, 3.05) is 0 Å². The quantitative estimate of drug-likeness (QED) is 0.487. The monoisotopic (exact) mass is 254 g/mol. The van der Waals surface area contributed by atoms with Crippen LogP contribution < -0.4 is 0 Å². The highest BCUT2D eigenvalue weighted by Crippen LogP contribution is 2.34. The highest BCUT2D eigenvalue weighted by molar-refractivity contribution is 4.97. The van der Waals surface area contributed by atoms with E-state index >= 15 is 0 Å². The van der Waals surface area contributed by atoms with E-state index in [4.69, 9.17) is 4.74 Å². The van der Waals surface area contributed by atoms with Gasteiger partial charge in [0.2, 0.25) is 0 Å². The Morgan fingerprint density at radius 1 is 1.17 bits per heavy atom. The lowest BCUT2D eigenvalue weighted by atomic mass is 9.87. The molecule has 0 aliphatic heterocycles. The van der Waals surface area contributed by atoms with Gasteiger partial charge >= 0.3 is 0 Å². The van der Waals surface area contributed by atoms with Gasteiger partial charge in [0.15, 0.2) is 0 Å². The molecule has 0 saturated carbocycles. The predicted octanol–water partition coefficient (Wildman–Crippen LogP) is 5.60. The Kier molecular flexibility index (Phi) is 7.21. The molecule has 0 spiro atoms. The van der Waals surface area contributed by atoms with E-state index in [1.54, 1.807) is 0 Å². The van der Waals surface area contributed by atoms with Gasteiger partial charge in [0.25, 0.3) is 0 Å². The van der Waals surface area contributed by atoms with E-state index < -0.39 is 0 Å². The van der Waals surface area contributed by atoms with E-state index in [0.29, 0.717) is 5.92 Å². The zero-order chi connectivity index (χ0) is 14.4. The first kappa shape index (κ1) is 17.7. The predicted molar refractivity (Wildman–Crippen MR) is 81.9 cm³/mol. The minimum atomic E-state index is -0.191. The third-order valence-electron chi connectivity index (χ3n) is 4.28. The number of rotatable bonds is 9. The molecule has 0 aliphatic rings. The van der Waals surface area contributed by atoms with Crippen molar-refractivity contribution < 1.29 is 4.74 Å². The van der Waals surface area contributed by atoms with Gasteiger partial charge in [-0.25, -0.2) is 0 Å². The van der Waals surface area contributed by atoms with Crippen molar-refractivity contribution in [2.45, 2.75) is 85.4 Å². The molecule has 18 heavy (non-hydrogen) atoms. The number of ether oxygens (including phenoxy) is 1. The van der Waals surface area contributed by atoms with Crippen LogP contribution in [-0.4, -0.2) is 11.2 Å². The van der Waals surface area contributed by atoms with Crippen LogP contribution in [0.15, 0.2) is 12.7 Å². The molecule has 108 valence electrons. The lowest BCUT2D eigenvalue weighted by molar-refractivity contribution is -0.144. The van der Waals surface area contributed by atoms with Gasteiger partial charge in [0.05, 0.1) is 11.2 Å². The Morgan fingerprint density at radius 3 is 2.06 bits per heavy atom. The molecule has 0 heterocycles. The summed E-state index contributed by atoms with van der Waals surface area (Å²) in [4.78, 5) is 0. The third kappa shape index (κ3) is 5.56. The molecule has 0 saturated heterocycles. The molecule has 0 fully saturated rings. The Balaban J connectivity index is 4.59. The SMILES string of the molecule is C=CC(C)(CCCC(C)C)OC(C)(CC)C(C)C. The van der Waals surface area contributed by atoms with Crippen molar-refractivity contribution in [3.63, 3.8) is 0 Å². The lowest BCUT2D eigenvalue weighted by Crippen LogP contribution is -2.43. The molecule has 0 radical (unpaired) electrons. The van der Waals surface area contributed by atoms with Gasteiger partial charge in [0.1, 0.15) is 0 Å². The number of hydrogen-bond acceptors (Lipinski definition) is 1. The minimum absolute atomic E-state index is 0.0548. The molecule has 0 aromatic carbocycles. The van der Waals surface area contributed by atoms with Crippen molar-refractivity contribution in [2.24, 2.45) is 11.8 Å². The summed E-state index contributed by atoms with van der Waals surface area (Å²) in [6, 6.07) is 0. The normalized spacial score (nSPS) is 18.7. The second kappa shape index (κ2) is 7.33. The molecular formula is C17H34O. The van der Waals surface area contributed by atoms with E-state index in [1.807, 2.05) is 6.08 Å². The van der Waals surface area contributed by atoms with Crippen LogP contribution in [0.25, 0.3) is 0 Å². The first-order valence-corrected chi connectivity index (χ1v) is 7.53. The lowest BCUT2D eigenvalue weighted by Gasteiger charge is -2.41. The average molecular weight is 254 g/mol. The molecule has 0 aromatic rings. The molecule has 0 aliphatic carbocycles. The Labute approximate surface area is 115 Å². The van der Waals surface area contributed by atoms with Gasteiger partial charge in [-0.2, -0.15) is 0 Å². The fourth-order valence-electron chi connectivity index (χ4n) is 2.19. The van der Waals surface area contributed by atoms with Gasteiger partial charge in [-0.1, -0.05) is 53.5 Å². The summed E-state index contributed by atoms with van der Waals surface area (Å²) in [5.74, 6) is 1.29. The summed E-state index contributed by atoms with van der Waals surface area (Å²) in [6.45, 7) is 19.6. The second-order valence-corrected chi connectivity index (χ2v) is 6.73. The Hall–Kier alpha value is -0.300. The van der Waals surface area contributed by atoms with Crippen LogP contribution in [0.5, 0.6) is 0 Å². The van der Waals surface area contributed by atoms with Crippen LogP contribution in [0.3, 0.4) is 0 Å². The van der Waals surface area contributed by atoms with Gasteiger partial charge < -0.3 is 4.74 Å². The fourth-order valence-corrected chi connectivity index (χ4v) is 2.19. The first-order valence-electron chi connectivity index (χ1n) is 7.53. The van der Waals surface area contributed by atoms with E-state index in [-0.39, 0.29) is 11.2 Å². The second-order valence-electron chi connectivity index (χ2n) is 6.73. The van der Waals surface area contributed by atoms with Crippen LogP contribution >= 0.6 is 0 Å². The van der Waals surface area contributed by atoms with Gasteiger partial charge in [-0.05, 0) is 38.5 Å². The Bertz CT molecular complexity index is 244. The topological polar surface area (TPSA) is 9.23 Å². The molecule has 2 unspecified atom stereocenters. The zero-order valence-electron chi connectivity index (χ0n) is 13.7. The first-order chi connectivity index (χ1) is 8.19. The van der Waals surface area contributed by atoms with Gasteiger partial charge in [-0.3, -0.25) is 0 Å². The largest absolute Gasteiger partial charge is 0.365 e. The van der Waals surface area contributed by atoms with Crippen LogP contribution in [0.1, 0.15) is 74.1 Å². The molecule has 1 heteroatoms. The summed E-state index contributed by atoms with van der Waals surface area (Å²) >= 11 is 0. The molecule has 0 bridgehead atoms. The maximum absolute atomic E-state index is 6.45. The van der Waals surface area contributed by atoms with E-state index in [0.717, 1.165) is 18.8 Å². The van der Waals surface area contributed by atoms with Crippen molar-refractivity contribution in [3.05, 3.63) is 12.7 Å². The molecule has 0 aromatic heterocycles. The minimum Gasteiger partial charge on any atom is -0.365 e. The fraction of sp³-hybridized carbons (Fsp3) is 0.882. The van der Waals surface area contributed by atoms with Crippen LogP contribution in [0.4, 0.5) is 0 Å². The molecule has 0 N–H and O–H groups in total. The summed E-state index contributed by atoms with van der Waals surface area (Å²) in [6.07, 6.45) is 6.56. The molecule has 1 nitrogen and oxygen atoms in total. The van der Waals surface area contributed by atoms with E-state index in [2.05, 4.69) is 55.0 Å². The highest BCUT2D eigenvalue weighted by atomic mass is 16.5. The molecule has 0 rings (SSSR count). The summed E-state index contributed by atoms with van der Waals surface area (Å²) in [7, 11) is 0. The van der Waals surface area contributed by atoms with Gasteiger partial charge in [-0.15, -0.1) is 6.58 Å². The smallest absolute Gasteiger partial charge is 0.0839 e. The summed E-state index contributed by atoms with van der Waals surface area (Å²) < 4.78 is 6.45. The zero-order valence-corrected chi connectivity index (χ0v) is 13.7. The molecule has 0 amide bonds. The Morgan fingerprint density at radius 2 is 1.72 bits per heavy atom. The highest BCUT2D eigenvalue weighted by Gasteiger charge is 2.35. The average Bonchev–Trinajstić information content (AvgIpc) is 2.28. The third-order valence-corrected chi connectivity index (χ3v) is 4.28. The van der Waals surface area contributed by atoms with Crippen LogP contribution in [0, 0.1) is 11.8 Å². The van der Waals surface area contributed by atoms with E-state index in [9.17, 15) is 0 Å². The van der Waals surface area contributed by atoms with Crippen molar-refractivity contribution in [3.8, 4) is 0 Å². The number of hydrogen-bond donors (Lipinski definition) is 0. The van der Waals surface area contributed by atoms with E-state index in [1.165, 1.54) is 12.8 Å². The van der Waals surface area contributed by atoms with Crippen molar-refractivity contribution >= 4 is 0 Å². The standard InChI is InChI=1S/C17H34O/c1-9-16(7,13-11-12-14(3)4)18-17(8,10-2)15(5)6/h9,14-15H,1,10-13H2,2-8H3. The van der Waals surface area contributed by atoms with Crippen molar-refractivity contribution in [1.29, 1.82) is 0 Å².